The normalized spacial score (nSPS) is 10.1. The van der Waals surface area contributed by atoms with Gasteiger partial charge in [-0.2, -0.15) is 0 Å². The van der Waals surface area contributed by atoms with E-state index < -0.39 is 5.97 Å². The lowest BCUT2D eigenvalue weighted by molar-refractivity contribution is -0.140. The molecule has 0 unspecified atom stereocenters. The highest BCUT2D eigenvalue weighted by molar-refractivity contribution is 9.10. The number of esters is 2. The molecule has 0 aliphatic heterocycles. The zero-order chi connectivity index (χ0) is 14.4. The van der Waals surface area contributed by atoms with Gasteiger partial charge in [-0.1, -0.05) is 15.9 Å². The van der Waals surface area contributed by atoms with E-state index in [1.165, 1.54) is 7.11 Å². The molecule has 2 N–H and O–H groups in total. The standard InChI is InChI=1S/C13H16BrNO4/c1-8-10(6-9(14)7-11(8)15)13(17)19-5-3-4-12(16)18-2/h6-7H,3-5,15H2,1-2H3. The molecule has 0 atom stereocenters. The van der Waals surface area contributed by atoms with Crippen molar-refractivity contribution in [1.29, 1.82) is 0 Å². The first-order valence-electron chi connectivity index (χ1n) is 5.75. The summed E-state index contributed by atoms with van der Waals surface area (Å²) in [5.41, 5.74) is 7.40. The van der Waals surface area contributed by atoms with Crippen LogP contribution in [0.3, 0.4) is 0 Å². The summed E-state index contributed by atoms with van der Waals surface area (Å²) in [6, 6.07) is 3.39. The molecule has 0 amide bonds. The Hall–Kier alpha value is -1.56. The van der Waals surface area contributed by atoms with Crippen LogP contribution < -0.4 is 5.73 Å². The predicted molar refractivity (Wildman–Crippen MR) is 74.8 cm³/mol. The van der Waals surface area contributed by atoms with Gasteiger partial charge in [0.15, 0.2) is 0 Å². The molecule has 6 heteroatoms. The van der Waals surface area contributed by atoms with Gasteiger partial charge in [0.2, 0.25) is 0 Å². The zero-order valence-corrected chi connectivity index (χ0v) is 12.5. The van der Waals surface area contributed by atoms with Gasteiger partial charge >= 0.3 is 11.9 Å². The minimum absolute atomic E-state index is 0.166. The highest BCUT2D eigenvalue weighted by Crippen LogP contribution is 2.23. The van der Waals surface area contributed by atoms with Crippen molar-refractivity contribution in [3.63, 3.8) is 0 Å². The van der Waals surface area contributed by atoms with Crippen LogP contribution in [0.15, 0.2) is 16.6 Å². The minimum Gasteiger partial charge on any atom is -0.469 e. The third-order valence-electron chi connectivity index (χ3n) is 2.62. The third kappa shape index (κ3) is 4.55. The van der Waals surface area contributed by atoms with Crippen LogP contribution in [0.4, 0.5) is 5.69 Å². The Bertz CT molecular complexity index is 488. The molecule has 0 fully saturated rings. The van der Waals surface area contributed by atoms with E-state index >= 15 is 0 Å². The summed E-state index contributed by atoms with van der Waals surface area (Å²) in [4.78, 5) is 22.8. The number of hydrogen-bond donors (Lipinski definition) is 1. The number of ether oxygens (including phenoxy) is 2. The lowest BCUT2D eigenvalue weighted by atomic mass is 10.1. The first-order chi connectivity index (χ1) is 8.95. The fourth-order valence-electron chi connectivity index (χ4n) is 1.47. The molecule has 1 rings (SSSR count). The molecule has 104 valence electrons. The Labute approximate surface area is 120 Å². The monoisotopic (exact) mass is 329 g/mol. The van der Waals surface area contributed by atoms with E-state index in [1.54, 1.807) is 19.1 Å². The highest BCUT2D eigenvalue weighted by atomic mass is 79.9. The second-order valence-electron chi connectivity index (χ2n) is 3.98. The van der Waals surface area contributed by atoms with Crippen molar-refractivity contribution in [1.82, 2.24) is 0 Å². The number of methoxy groups -OCH3 is 1. The highest BCUT2D eigenvalue weighted by Gasteiger charge is 2.13. The van der Waals surface area contributed by atoms with Crippen molar-refractivity contribution in [3.05, 3.63) is 27.7 Å². The summed E-state index contributed by atoms with van der Waals surface area (Å²) < 4.78 is 10.3. The predicted octanol–water partition coefficient (Wildman–Crippen LogP) is 2.45. The lowest BCUT2D eigenvalue weighted by Gasteiger charge is -2.09. The van der Waals surface area contributed by atoms with Crippen molar-refractivity contribution in [2.45, 2.75) is 19.8 Å². The Morgan fingerprint density at radius 1 is 1.37 bits per heavy atom. The van der Waals surface area contributed by atoms with Crippen LogP contribution in [0.2, 0.25) is 0 Å². The molecule has 0 aliphatic rings. The molecule has 0 aliphatic carbocycles. The molecule has 0 bridgehead atoms. The Kier molecular flexibility index (Phi) is 5.82. The average Bonchev–Trinajstić information content (AvgIpc) is 2.38. The van der Waals surface area contributed by atoms with Crippen LogP contribution in [0.5, 0.6) is 0 Å². The van der Waals surface area contributed by atoms with Crippen molar-refractivity contribution >= 4 is 33.6 Å². The van der Waals surface area contributed by atoms with E-state index in [9.17, 15) is 9.59 Å². The molecule has 1 aromatic carbocycles. The van der Waals surface area contributed by atoms with Crippen molar-refractivity contribution in [2.24, 2.45) is 0 Å². The number of carbonyl (C=O) groups is 2. The van der Waals surface area contributed by atoms with Crippen LogP contribution in [-0.4, -0.2) is 25.7 Å². The second kappa shape index (κ2) is 7.13. The largest absolute Gasteiger partial charge is 0.469 e. The van der Waals surface area contributed by atoms with Crippen LogP contribution in [0, 0.1) is 6.92 Å². The molecule has 19 heavy (non-hydrogen) atoms. The van der Waals surface area contributed by atoms with E-state index in [1.807, 2.05) is 0 Å². The molecular formula is C13H16BrNO4. The maximum absolute atomic E-state index is 11.9. The van der Waals surface area contributed by atoms with Crippen LogP contribution in [0.1, 0.15) is 28.8 Å². The molecule has 0 radical (unpaired) electrons. The van der Waals surface area contributed by atoms with Crippen LogP contribution >= 0.6 is 15.9 Å². The molecule has 0 heterocycles. The fraction of sp³-hybridized carbons (Fsp3) is 0.385. The quantitative estimate of drug-likeness (QED) is 0.510. The maximum Gasteiger partial charge on any atom is 0.338 e. The van der Waals surface area contributed by atoms with E-state index in [0.29, 0.717) is 23.2 Å². The molecule has 0 saturated carbocycles. The van der Waals surface area contributed by atoms with Gasteiger partial charge in [0.25, 0.3) is 0 Å². The lowest BCUT2D eigenvalue weighted by Crippen LogP contribution is -2.11. The minimum atomic E-state index is -0.449. The number of rotatable bonds is 5. The topological polar surface area (TPSA) is 78.6 Å². The summed E-state index contributed by atoms with van der Waals surface area (Å²) in [5.74, 6) is -0.769. The Morgan fingerprint density at radius 2 is 2.05 bits per heavy atom. The third-order valence-corrected chi connectivity index (χ3v) is 3.08. The van der Waals surface area contributed by atoms with Gasteiger partial charge in [0.05, 0.1) is 19.3 Å². The summed E-state index contributed by atoms with van der Waals surface area (Å²) in [7, 11) is 1.32. The average molecular weight is 330 g/mol. The zero-order valence-electron chi connectivity index (χ0n) is 10.9. The first kappa shape index (κ1) is 15.5. The van der Waals surface area contributed by atoms with Gasteiger partial charge in [0, 0.05) is 16.6 Å². The number of anilines is 1. The molecule has 0 spiro atoms. The second-order valence-corrected chi connectivity index (χ2v) is 4.90. The smallest absolute Gasteiger partial charge is 0.338 e. The van der Waals surface area contributed by atoms with Gasteiger partial charge in [-0.05, 0) is 31.0 Å². The molecular weight excluding hydrogens is 314 g/mol. The van der Waals surface area contributed by atoms with Gasteiger partial charge in [0.1, 0.15) is 0 Å². The number of halogens is 1. The number of nitrogen functional groups attached to an aromatic ring is 1. The summed E-state index contributed by atoms with van der Waals surface area (Å²) in [6.07, 6.45) is 0.657. The van der Waals surface area contributed by atoms with E-state index in [0.717, 1.165) is 4.47 Å². The van der Waals surface area contributed by atoms with Gasteiger partial charge in [-0.3, -0.25) is 4.79 Å². The van der Waals surface area contributed by atoms with Crippen LogP contribution in [-0.2, 0) is 14.3 Å². The van der Waals surface area contributed by atoms with Crippen molar-refractivity contribution in [2.75, 3.05) is 19.5 Å². The molecule has 1 aromatic rings. The van der Waals surface area contributed by atoms with E-state index in [4.69, 9.17) is 10.5 Å². The van der Waals surface area contributed by atoms with E-state index in [2.05, 4.69) is 20.7 Å². The molecule has 0 saturated heterocycles. The molecule has 0 aromatic heterocycles. The Morgan fingerprint density at radius 3 is 2.68 bits per heavy atom. The number of benzene rings is 1. The van der Waals surface area contributed by atoms with Crippen molar-refractivity contribution < 1.29 is 19.1 Å². The fourth-order valence-corrected chi connectivity index (χ4v) is 1.95. The summed E-state index contributed by atoms with van der Waals surface area (Å²) in [6.45, 7) is 1.92. The SMILES string of the molecule is COC(=O)CCCOC(=O)c1cc(Br)cc(N)c1C. The van der Waals surface area contributed by atoms with E-state index in [-0.39, 0.29) is 19.0 Å². The van der Waals surface area contributed by atoms with Gasteiger partial charge in [-0.25, -0.2) is 4.79 Å². The Balaban J connectivity index is 2.57. The number of hydrogen-bond acceptors (Lipinski definition) is 5. The number of carbonyl (C=O) groups excluding carboxylic acids is 2. The maximum atomic E-state index is 11.9. The first-order valence-corrected chi connectivity index (χ1v) is 6.54. The van der Waals surface area contributed by atoms with Gasteiger partial charge in [-0.15, -0.1) is 0 Å². The van der Waals surface area contributed by atoms with Crippen molar-refractivity contribution in [3.8, 4) is 0 Å². The number of nitrogens with two attached hydrogens (primary N) is 1. The molecule has 5 nitrogen and oxygen atoms in total. The van der Waals surface area contributed by atoms with Crippen LogP contribution in [0.25, 0.3) is 0 Å². The summed E-state index contributed by atoms with van der Waals surface area (Å²) >= 11 is 3.28. The van der Waals surface area contributed by atoms with Gasteiger partial charge < -0.3 is 15.2 Å². The summed E-state index contributed by atoms with van der Waals surface area (Å²) in [5, 5.41) is 0.